The highest BCUT2D eigenvalue weighted by atomic mass is 32.2. The number of hydrogen-bond acceptors (Lipinski definition) is 5. The van der Waals surface area contributed by atoms with Crippen LogP contribution in [0.25, 0.3) is 0 Å². The van der Waals surface area contributed by atoms with Crippen LogP contribution in [0.2, 0.25) is 0 Å². The summed E-state index contributed by atoms with van der Waals surface area (Å²) in [4.78, 5) is -0.188. The number of aryl methyl sites for hydroxylation is 1. The van der Waals surface area contributed by atoms with Crippen molar-refractivity contribution in [3.8, 4) is 17.2 Å². The summed E-state index contributed by atoms with van der Waals surface area (Å²) in [6.45, 7) is 2.32. The molecule has 2 aromatic rings. The second kappa shape index (κ2) is 8.98. The minimum atomic E-state index is -3.82. The van der Waals surface area contributed by atoms with Crippen molar-refractivity contribution in [3.05, 3.63) is 47.8 Å². The first-order valence-electron chi connectivity index (χ1n) is 8.04. The molecule has 8 heteroatoms. The van der Waals surface area contributed by atoms with Crippen molar-refractivity contribution in [1.29, 1.82) is 0 Å². The Kier molecular flexibility index (Phi) is 6.96. The van der Waals surface area contributed by atoms with Crippen molar-refractivity contribution >= 4 is 10.0 Å². The summed E-state index contributed by atoms with van der Waals surface area (Å²) in [5.74, 6) is -0.0660. The molecule has 0 aliphatic heterocycles. The molecular weight excluding hydrogens is 361 g/mol. The highest BCUT2D eigenvalue weighted by molar-refractivity contribution is 7.89. The Morgan fingerprint density at radius 1 is 1.04 bits per heavy atom. The SMILES string of the molecule is CCc1ccc(Oc2ccc(S(=O)(=O)NCCOC)cc2F)c(OC)c1. The maximum Gasteiger partial charge on any atom is 0.240 e. The van der Waals surface area contributed by atoms with Gasteiger partial charge in [0.1, 0.15) is 0 Å². The fourth-order valence-electron chi connectivity index (χ4n) is 2.23. The third-order valence-corrected chi connectivity index (χ3v) is 5.13. The smallest absolute Gasteiger partial charge is 0.240 e. The van der Waals surface area contributed by atoms with E-state index in [4.69, 9.17) is 14.2 Å². The molecule has 0 aromatic heterocycles. The van der Waals surface area contributed by atoms with Crippen LogP contribution in [-0.2, 0) is 21.2 Å². The first kappa shape index (κ1) is 20.2. The predicted octanol–water partition coefficient (Wildman–Crippen LogP) is 3.11. The minimum absolute atomic E-state index is 0.0941. The molecule has 0 atom stereocenters. The van der Waals surface area contributed by atoms with E-state index in [-0.39, 0.29) is 23.8 Å². The lowest BCUT2D eigenvalue weighted by atomic mass is 10.1. The maximum atomic E-state index is 14.4. The van der Waals surface area contributed by atoms with Gasteiger partial charge in [0.05, 0.1) is 18.6 Å². The van der Waals surface area contributed by atoms with E-state index in [1.165, 1.54) is 26.4 Å². The average Bonchev–Trinajstić information content (AvgIpc) is 2.63. The van der Waals surface area contributed by atoms with Crippen molar-refractivity contribution in [1.82, 2.24) is 4.72 Å². The summed E-state index contributed by atoms with van der Waals surface area (Å²) in [7, 11) is -0.858. The third kappa shape index (κ3) is 4.94. The number of halogens is 1. The minimum Gasteiger partial charge on any atom is -0.493 e. The largest absolute Gasteiger partial charge is 0.493 e. The van der Waals surface area contributed by atoms with E-state index in [1.54, 1.807) is 6.07 Å². The van der Waals surface area contributed by atoms with Gasteiger partial charge in [0, 0.05) is 13.7 Å². The van der Waals surface area contributed by atoms with Gasteiger partial charge >= 0.3 is 0 Å². The van der Waals surface area contributed by atoms with Crippen LogP contribution >= 0.6 is 0 Å². The Bertz CT molecular complexity index is 855. The number of benzene rings is 2. The molecule has 6 nitrogen and oxygen atoms in total. The van der Waals surface area contributed by atoms with Crippen molar-refractivity contribution in [2.75, 3.05) is 27.4 Å². The first-order valence-corrected chi connectivity index (χ1v) is 9.52. The molecule has 142 valence electrons. The van der Waals surface area contributed by atoms with Crippen LogP contribution in [-0.4, -0.2) is 35.8 Å². The van der Waals surface area contributed by atoms with Gasteiger partial charge in [0.25, 0.3) is 0 Å². The normalized spacial score (nSPS) is 11.4. The molecule has 0 saturated carbocycles. The molecule has 1 N–H and O–H groups in total. The summed E-state index contributed by atoms with van der Waals surface area (Å²) < 4.78 is 56.5. The van der Waals surface area contributed by atoms with E-state index in [0.29, 0.717) is 11.5 Å². The molecule has 0 unspecified atom stereocenters. The van der Waals surface area contributed by atoms with Gasteiger partial charge in [-0.05, 0) is 42.3 Å². The molecule has 0 saturated heterocycles. The van der Waals surface area contributed by atoms with Gasteiger partial charge in [-0.1, -0.05) is 13.0 Å². The summed E-state index contributed by atoms with van der Waals surface area (Å²) in [6, 6.07) is 8.82. The Morgan fingerprint density at radius 3 is 2.38 bits per heavy atom. The zero-order chi connectivity index (χ0) is 19.2. The van der Waals surface area contributed by atoms with Crippen LogP contribution in [0.15, 0.2) is 41.3 Å². The molecular formula is C18H22FNO5S. The van der Waals surface area contributed by atoms with Crippen LogP contribution in [0, 0.1) is 5.82 Å². The molecule has 2 aromatic carbocycles. The molecule has 2 rings (SSSR count). The molecule has 0 radical (unpaired) electrons. The van der Waals surface area contributed by atoms with E-state index < -0.39 is 15.8 Å². The fraction of sp³-hybridized carbons (Fsp3) is 0.333. The van der Waals surface area contributed by atoms with Crippen LogP contribution < -0.4 is 14.2 Å². The van der Waals surface area contributed by atoms with E-state index in [1.807, 2.05) is 19.1 Å². The molecule has 0 amide bonds. The second-order valence-corrected chi connectivity index (χ2v) is 7.19. The summed E-state index contributed by atoms with van der Waals surface area (Å²) in [6.07, 6.45) is 0.827. The van der Waals surface area contributed by atoms with Gasteiger partial charge in [-0.25, -0.2) is 17.5 Å². The van der Waals surface area contributed by atoms with E-state index in [2.05, 4.69) is 4.72 Å². The standard InChI is InChI=1S/C18H22FNO5S/c1-4-13-5-7-17(18(11-13)24-3)25-16-8-6-14(12-15(16)19)26(21,22)20-9-10-23-2/h5-8,11-12,20H,4,9-10H2,1-3H3. The molecule has 0 fully saturated rings. The molecule has 0 heterocycles. The lowest BCUT2D eigenvalue weighted by molar-refractivity contribution is 0.204. The van der Waals surface area contributed by atoms with Gasteiger partial charge in [0.15, 0.2) is 23.1 Å². The van der Waals surface area contributed by atoms with Gasteiger partial charge in [-0.3, -0.25) is 0 Å². The zero-order valence-electron chi connectivity index (χ0n) is 14.9. The number of hydrogen-bond donors (Lipinski definition) is 1. The lowest BCUT2D eigenvalue weighted by Gasteiger charge is -2.13. The Hall–Kier alpha value is -2.16. The molecule has 0 bridgehead atoms. The predicted molar refractivity (Wildman–Crippen MR) is 95.9 cm³/mol. The van der Waals surface area contributed by atoms with E-state index >= 15 is 0 Å². The van der Waals surface area contributed by atoms with E-state index in [0.717, 1.165) is 18.1 Å². The average molecular weight is 383 g/mol. The van der Waals surface area contributed by atoms with E-state index in [9.17, 15) is 12.8 Å². The summed E-state index contributed by atoms with van der Waals surface area (Å²) in [5.41, 5.74) is 1.05. The Morgan fingerprint density at radius 2 is 1.77 bits per heavy atom. The molecule has 0 aliphatic carbocycles. The lowest BCUT2D eigenvalue weighted by Crippen LogP contribution is -2.27. The number of rotatable bonds is 9. The van der Waals surface area contributed by atoms with Crippen molar-refractivity contribution < 1.29 is 27.0 Å². The summed E-state index contributed by atoms with van der Waals surface area (Å²) >= 11 is 0. The van der Waals surface area contributed by atoms with Gasteiger partial charge in [-0.2, -0.15) is 0 Å². The van der Waals surface area contributed by atoms with Crippen molar-refractivity contribution in [2.24, 2.45) is 0 Å². The third-order valence-electron chi connectivity index (χ3n) is 3.67. The zero-order valence-corrected chi connectivity index (χ0v) is 15.7. The Labute approximate surface area is 152 Å². The topological polar surface area (TPSA) is 73.9 Å². The second-order valence-electron chi connectivity index (χ2n) is 5.42. The van der Waals surface area contributed by atoms with Gasteiger partial charge in [-0.15, -0.1) is 0 Å². The summed E-state index contributed by atoms with van der Waals surface area (Å²) in [5, 5.41) is 0. The number of sulfonamides is 1. The van der Waals surface area contributed by atoms with Crippen LogP contribution in [0.5, 0.6) is 17.2 Å². The first-order chi connectivity index (χ1) is 12.4. The monoisotopic (exact) mass is 383 g/mol. The number of nitrogens with one attached hydrogen (secondary N) is 1. The maximum absolute atomic E-state index is 14.4. The van der Waals surface area contributed by atoms with Gasteiger partial charge < -0.3 is 14.2 Å². The molecule has 26 heavy (non-hydrogen) atoms. The highest BCUT2D eigenvalue weighted by Gasteiger charge is 2.17. The molecule has 0 aliphatic rings. The van der Waals surface area contributed by atoms with Crippen molar-refractivity contribution in [3.63, 3.8) is 0 Å². The van der Waals surface area contributed by atoms with Crippen LogP contribution in [0.4, 0.5) is 4.39 Å². The van der Waals surface area contributed by atoms with Gasteiger partial charge in [0.2, 0.25) is 10.0 Å². The number of methoxy groups -OCH3 is 2. The Balaban J connectivity index is 2.23. The van der Waals surface area contributed by atoms with Crippen LogP contribution in [0.1, 0.15) is 12.5 Å². The van der Waals surface area contributed by atoms with Crippen molar-refractivity contribution in [2.45, 2.75) is 18.2 Å². The molecule has 0 spiro atoms. The quantitative estimate of drug-likeness (QED) is 0.674. The highest BCUT2D eigenvalue weighted by Crippen LogP contribution is 2.34. The van der Waals surface area contributed by atoms with Crippen LogP contribution in [0.3, 0.4) is 0 Å². The fourth-order valence-corrected chi connectivity index (χ4v) is 3.25. The number of ether oxygens (including phenoxy) is 3.